The average Bonchev–Trinajstić information content (AvgIpc) is 2.52. The Labute approximate surface area is 125 Å². The molecule has 0 aliphatic carbocycles. The molecule has 1 aromatic carbocycles. The van der Waals surface area contributed by atoms with Gasteiger partial charge in [0.15, 0.2) is 0 Å². The van der Waals surface area contributed by atoms with Gasteiger partial charge >= 0.3 is 5.97 Å². The number of likely N-dealkylation sites (tertiary alicyclic amines) is 1. The van der Waals surface area contributed by atoms with Crippen LogP contribution in [0, 0.1) is 5.92 Å². The third kappa shape index (κ3) is 4.88. The van der Waals surface area contributed by atoms with Crippen LogP contribution >= 0.6 is 0 Å². The number of piperidine rings is 1. The standard InChI is InChI=1S/C17H23NO3/c19-13-18-10-8-14(9-11-18)6-7-16(12-17(20)21)15-4-2-1-3-5-15/h1-5,13-14,16H,6-12H2,(H,20,21). The lowest BCUT2D eigenvalue weighted by molar-refractivity contribution is -0.137. The third-order valence-electron chi connectivity index (χ3n) is 4.41. The highest BCUT2D eigenvalue weighted by Gasteiger charge is 2.21. The number of benzene rings is 1. The summed E-state index contributed by atoms with van der Waals surface area (Å²) in [5, 5.41) is 9.10. The van der Waals surface area contributed by atoms with Gasteiger partial charge in [-0.2, -0.15) is 0 Å². The van der Waals surface area contributed by atoms with Gasteiger partial charge in [0.25, 0.3) is 0 Å². The lowest BCUT2D eigenvalue weighted by Crippen LogP contribution is -2.32. The van der Waals surface area contributed by atoms with Gasteiger partial charge in [0.1, 0.15) is 0 Å². The summed E-state index contributed by atoms with van der Waals surface area (Å²) in [5.74, 6) is -0.0337. The van der Waals surface area contributed by atoms with Crippen molar-refractivity contribution in [1.82, 2.24) is 4.90 Å². The Morgan fingerprint density at radius 2 is 1.95 bits per heavy atom. The normalized spacial score (nSPS) is 17.4. The number of hydrogen-bond acceptors (Lipinski definition) is 2. The molecule has 4 nitrogen and oxygen atoms in total. The lowest BCUT2D eigenvalue weighted by atomic mass is 9.85. The molecule has 0 radical (unpaired) electrons. The van der Waals surface area contributed by atoms with Crippen molar-refractivity contribution in [2.24, 2.45) is 5.92 Å². The minimum atomic E-state index is -0.736. The van der Waals surface area contributed by atoms with Crippen LogP contribution in [0.1, 0.15) is 43.6 Å². The molecular formula is C17H23NO3. The molecule has 1 amide bonds. The number of carboxylic acids is 1. The van der Waals surface area contributed by atoms with Crippen LogP contribution in [0.25, 0.3) is 0 Å². The molecule has 1 heterocycles. The molecule has 21 heavy (non-hydrogen) atoms. The van der Waals surface area contributed by atoms with Crippen molar-refractivity contribution in [3.63, 3.8) is 0 Å². The first-order valence-corrected chi connectivity index (χ1v) is 7.65. The molecule has 4 heteroatoms. The van der Waals surface area contributed by atoms with Gasteiger partial charge in [0.2, 0.25) is 6.41 Å². The highest BCUT2D eigenvalue weighted by molar-refractivity contribution is 5.68. The number of amides is 1. The highest BCUT2D eigenvalue weighted by Crippen LogP contribution is 2.30. The first-order valence-electron chi connectivity index (χ1n) is 7.65. The van der Waals surface area contributed by atoms with Gasteiger partial charge in [0.05, 0.1) is 6.42 Å². The van der Waals surface area contributed by atoms with Crippen LogP contribution in [-0.2, 0) is 9.59 Å². The number of rotatable bonds is 7. The van der Waals surface area contributed by atoms with Gasteiger partial charge in [-0.25, -0.2) is 0 Å². The largest absolute Gasteiger partial charge is 0.481 e. The number of nitrogens with zero attached hydrogens (tertiary/aromatic N) is 1. The van der Waals surface area contributed by atoms with Gasteiger partial charge in [-0.05, 0) is 43.1 Å². The van der Waals surface area contributed by atoms with Crippen LogP contribution in [-0.4, -0.2) is 35.5 Å². The first kappa shape index (κ1) is 15.5. The van der Waals surface area contributed by atoms with E-state index in [4.69, 9.17) is 5.11 Å². The third-order valence-corrected chi connectivity index (χ3v) is 4.41. The second-order valence-corrected chi connectivity index (χ2v) is 5.87. The minimum Gasteiger partial charge on any atom is -0.481 e. The number of carbonyl (C=O) groups excluding carboxylic acids is 1. The Morgan fingerprint density at radius 3 is 2.52 bits per heavy atom. The molecule has 1 unspecified atom stereocenters. The predicted molar refractivity (Wildman–Crippen MR) is 81.0 cm³/mol. The first-order chi connectivity index (χ1) is 10.2. The lowest BCUT2D eigenvalue weighted by Gasteiger charge is -2.30. The Hall–Kier alpha value is -1.84. The maximum atomic E-state index is 11.1. The summed E-state index contributed by atoms with van der Waals surface area (Å²) in [6.07, 6.45) is 5.13. The van der Waals surface area contributed by atoms with Crippen LogP contribution in [0.4, 0.5) is 0 Å². The number of aliphatic carboxylic acids is 1. The molecule has 1 N–H and O–H groups in total. The number of carbonyl (C=O) groups is 2. The van der Waals surface area contributed by atoms with E-state index in [1.54, 1.807) is 0 Å². The summed E-state index contributed by atoms with van der Waals surface area (Å²) in [6, 6.07) is 9.92. The number of hydrogen-bond donors (Lipinski definition) is 1. The van der Waals surface area contributed by atoms with Crippen LogP contribution in [0.2, 0.25) is 0 Å². The monoisotopic (exact) mass is 289 g/mol. The molecule has 1 aliphatic rings. The Kier molecular flexibility index (Phi) is 5.78. The van der Waals surface area contributed by atoms with Crippen molar-refractivity contribution in [1.29, 1.82) is 0 Å². The maximum Gasteiger partial charge on any atom is 0.303 e. The van der Waals surface area contributed by atoms with Crippen molar-refractivity contribution in [2.45, 2.75) is 38.0 Å². The maximum absolute atomic E-state index is 11.1. The summed E-state index contributed by atoms with van der Waals surface area (Å²) < 4.78 is 0. The van der Waals surface area contributed by atoms with Crippen LogP contribution in [0.5, 0.6) is 0 Å². The average molecular weight is 289 g/mol. The topological polar surface area (TPSA) is 57.6 Å². The summed E-state index contributed by atoms with van der Waals surface area (Å²) >= 11 is 0. The Morgan fingerprint density at radius 1 is 1.29 bits per heavy atom. The van der Waals surface area contributed by atoms with Crippen molar-refractivity contribution in [3.8, 4) is 0 Å². The summed E-state index contributed by atoms with van der Waals surface area (Å²) in [6.45, 7) is 1.67. The second kappa shape index (κ2) is 7.81. The molecule has 0 bridgehead atoms. The van der Waals surface area contributed by atoms with Gasteiger partial charge in [0, 0.05) is 13.1 Å². The van der Waals surface area contributed by atoms with E-state index in [0.29, 0.717) is 5.92 Å². The molecule has 2 rings (SSSR count). The van der Waals surface area contributed by atoms with Crippen molar-refractivity contribution < 1.29 is 14.7 Å². The molecule has 114 valence electrons. The fourth-order valence-corrected chi connectivity index (χ4v) is 3.11. The van der Waals surface area contributed by atoms with E-state index in [1.807, 2.05) is 35.2 Å². The number of carboxylic acid groups (broad SMARTS) is 1. The van der Waals surface area contributed by atoms with E-state index in [1.165, 1.54) is 0 Å². The SMILES string of the molecule is O=CN1CCC(CCC(CC(=O)O)c2ccccc2)CC1. The Balaban J connectivity index is 1.88. The molecule has 1 atom stereocenters. The zero-order valence-electron chi connectivity index (χ0n) is 12.3. The van der Waals surface area contributed by atoms with Gasteiger partial charge < -0.3 is 10.0 Å². The molecule has 1 fully saturated rings. The van der Waals surface area contributed by atoms with Gasteiger partial charge in [-0.3, -0.25) is 9.59 Å². The zero-order chi connectivity index (χ0) is 15.1. The highest BCUT2D eigenvalue weighted by atomic mass is 16.4. The second-order valence-electron chi connectivity index (χ2n) is 5.87. The molecule has 0 spiro atoms. The zero-order valence-corrected chi connectivity index (χ0v) is 12.3. The van der Waals surface area contributed by atoms with Crippen LogP contribution in [0.15, 0.2) is 30.3 Å². The molecule has 1 aromatic rings. The summed E-state index contributed by atoms with van der Waals surface area (Å²) in [5.41, 5.74) is 1.12. The van der Waals surface area contributed by atoms with E-state index in [2.05, 4.69) is 0 Å². The van der Waals surface area contributed by atoms with Crippen molar-refractivity contribution >= 4 is 12.4 Å². The smallest absolute Gasteiger partial charge is 0.303 e. The van der Waals surface area contributed by atoms with E-state index in [9.17, 15) is 9.59 Å². The van der Waals surface area contributed by atoms with E-state index in [-0.39, 0.29) is 12.3 Å². The molecule has 0 aromatic heterocycles. The predicted octanol–water partition coefficient (Wildman–Crippen LogP) is 2.89. The van der Waals surface area contributed by atoms with E-state index >= 15 is 0 Å². The molecule has 1 aliphatic heterocycles. The van der Waals surface area contributed by atoms with E-state index in [0.717, 1.165) is 50.7 Å². The molecular weight excluding hydrogens is 266 g/mol. The quantitative estimate of drug-likeness (QED) is 0.785. The Bertz CT molecular complexity index is 452. The van der Waals surface area contributed by atoms with Crippen molar-refractivity contribution in [2.75, 3.05) is 13.1 Å². The molecule has 1 saturated heterocycles. The fourth-order valence-electron chi connectivity index (χ4n) is 3.11. The van der Waals surface area contributed by atoms with Gasteiger partial charge in [-0.15, -0.1) is 0 Å². The summed E-state index contributed by atoms with van der Waals surface area (Å²) in [4.78, 5) is 23.6. The van der Waals surface area contributed by atoms with Gasteiger partial charge in [-0.1, -0.05) is 30.3 Å². The minimum absolute atomic E-state index is 0.0906. The molecule has 0 saturated carbocycles. The van der Waals surface area contributed by atoms with Crippen LogP contribution in [0.3, 0.4) is 0 Å². The fraction of sp³-hybridized carbons (Fsp3) is 0.529. The van der Waals surface area contributed by atoms with Crippen molar-refractivity contribution in [3.05, 3.63) is 35.9 Å². The van der Waals surface area contributed by atoms with E-state index < -0.39 is 5.97 Å². The van der Waals surface area contributed by atoms with Crippen LogP contribution < -0.4 is 0 Å². The summed E-state index contributed by atoms with van der Waals surface area (Å²) in [7, 11) is 0.